The zero-order valence-corrected chi connectivity index (χ0v) is 22.9. The summed E-state index contributed by atoms with van der Waals surface area (Å²) in [5.41, 5.74) is 12.0. The maximum absolute atomic E-state index is 6.19. The van der Waals surface area contributed by atoms with Crippen LogP contribution in [0.1, 0.15) is 26.7 Å². The average Bonchev–Trinajstić information content (AvgIpc) is 2.74. The lowest BCUT2D eigenvalue weighted by Crippen LogP contribution is -2.42. The van der Waals surface area contributed by atoms with E-state index in [-0.39, 0.29) is 5.41 Å². The van der Waals surface area contributed by atoms with Crippen LogP contribution in [0.4, 0.5) is 11.4 Å². The lowest BCUT2D eigenvalue weighted by molar-refractivity contribution is 0.360. The van der Waals surface area contributed by atoms with Gasteiger partial charge in [-0.1, -0.05) is 60.3 Å². The Kier molecular flexibility index (Phi) is 9.26. The summed E-state index contributed by atoms with van der Waals surface area (Å²) < 4.78 is 0. The number of thiocarbonyl (C=S) groups is 2. The van der Waals surface area contributed by atoms with Crippen LogP contribution in [-0.4, -0.2) is 15.9 Å². The molecule has 0 atom stereocenters. The molecule has 0 bridgehead atoms. The fourth-order valence-corrected chi connectivity index (χ4v) is 4.50. The quantitative estimate of drug-likeness (QED) is 0.192. The fourth-order valence-electron chi connectivity index (χ4n) is 3.27. The van der Waals surface area contributed by atoms with Gasteiger partial charge in [-0.2, -0.15) is 5.10 Å². The van der Waals surface area contributed by atoms with E-state index < -0.39 is 0 Å². The van der Waals surface area contributed by atoms with Gasteiger partial charge in [0.2, 0.25) is 0 Å². The number of anilines is 2. The third kappa shape index (κ3) is 8.15. The molecule has 1 aliphatic carbocycles. The van der Waals surface area contributed by atoms with Gasteiger partial charge in [-0.05, 0) is 85.2 Å². The summed E-state index contributed by atoms with van der Waals surface area (Å²) in [4.78, 5) is 0. The highest BCUT2D eigenvalue weighted by atomic mass is 35.5. The summed E-state index contributed by atoms with van der Waals surface area (Å²) in [6.07, 6.45) is 3.51. The molecule has 34 heavy (non-hydrogen) atoms. The third-order valence-corrected chi connectivity index (χ3v) is 6.16. The standard InChI is InChI=1S/C22H22Cl4N6S2/c1-22(2)10-14(29-31-20(33)27-18-5-3-12(23)7-16(18)25)9-15(11-22)30-32-21(34)28-19-6-4-13(24)8-17(19)26/h3-9,29H,10-11H2,1-2H3,(H2,27,31,33)(H2,28,32,34). The third-order valence-electron chi connectivity index (χ3n) is 4.67. The molecule has 6 nitrogen and oxygen atoms in total. The van der Waals surface area contributed by atoms with E-state index in [2.05, 4.69) is 45.9 Å². The molecule has 0 spiro atoms. The van der Waals surface area contributed by atoms with Crippen LogP contribution in [0, 0.1) is 5.41 Å². The molecule has 180 valence electrons. The summed E-state index contributed by atoms with van der Waals surface area (Å²) in [5, 5.41) is 13.2. The van der Waals surface area contributed by atoms with E-state index in [4.69, 9.17) is 70.8 Å². The maximum Gasteiger partial charge on any atom is 0.191 e. The van der Waals surface area contributed by atoms with E-state index in [0.717, 1.165) is 24.3 Å². The second kappa shape index (κ2) is 11.7. The highest BCUT2D eigenvalue weighted by Crippen LogP contribution is 2.33. The van der Waals surface area contributed by atoms with Crippen molar-refractivity contribution in [3.8, 4) is 0 Å². The Bertz CT molecular complexity index is 1170. The minimum atomic E-state index is -0.0254. The van der Waals surface area contributed by atoms with Crippen molar-refractivity contribution in [2.45, 2.75) is 26.7 Å². The zero-order valence-electron chi connectivity index (χ0n) is 18.2. The van der Waals surface area contributed by atoms with E-state index in [1.165, 1.54) is 0 Å². The molecule has 0 fully saturated rings. The average molecular weight is 576 g/mol. The number of rotatable bonds is 5. The zero-order chi connectivity index (χ0) is 24.9. The monoisotopic (exact) mass is 574 g/mol. The molecule has 3 rings (SSSR count). The Balaban J connectivity index is 1.60. The molecule has 0 radical (unpaired) electrons. The number of halogens is 4. The Morgan fingerprint density at radius 1 is 0.853 bits per heavy atom. The number of hydrogen-bond donors (Lipinski definition) is 5. The molecule has 0 amide bonds. The lowest BCUT2D eigenvalue weighted by atomic mass is 9.78. The molecule has 5 N–H and O–H groups in total. The molecule has 0 saturated heterocycles. The van der Waals surface area contributed by atoms with Crippen LogP contribution < -0.4 is 26.9 Å². The van der Waals surface area contributed by atoms with Crippen molar-refractivity contribution in [2.75, 3.05) is 10.6 Å². The molecule has 2 aromatic carbocycles. The largest absolute Gasteiger partial charge is 0.330 e. The summed E-state index contributed by atoms with van der Waals surface area (Å²) in [6.45, 7) is 4.32. The smallest absolute Gasteiger partial charge is 0.191 e. The van der Waals surface area contributed by atoms with Gasteiger partial charge >= 0.3 is 0 Å². The van der Waals surface area contributed by atoms with Crippen molar-refractivity contribution < 1.29 is 0 Å². The lowest BCUT2D eigenvalue weighted by Gasteiger charge is -2.31. The Morgan fingerprint density at radius 3 is 1.97 bits per heavy atom. The Morgan fingerprint density at radius 2 is 1.41 bits per heavy atom. The highest BCUT2D eigenvalue weighted by Gasteiger charge is 2.26. The van der Waals surface area contributed by atoms with Gasteiger partial charge in [0.15, 0.2) is 10.2 Å². The number of hydrazine groups is 1. The molecular formula is C22H22Cl4N6S2. The van der Waals surface area contributed by atoms with Crippen molar-refractivity contribution in [3.05, 3.63) is 68.3 Å². The molecule has 1 aliphatic rings. The summed E-state index contributed by atoms with van der Waals surface area (Å²) in [5.74, 6) is 0. The minimum absolute atomic E-state index is 0.0254. The van der Waals surface area contributed by atoms with Crippen molar-refractivity contribution in [3.63, 3.8) is 0 Å². The predicted octanol–water partition coefficient (Wildman–Crippen LogP) is 7.14. The van der Waals surface area contributed by atoms with Gasteiger partial charge in [-0.25, -0.2) is 0 Å². The van der Waals surface area contributed by atoms with Crippen LogP contribution in [0.25, 0.3) is 0 Å². The maximum atomic E-state index is 6.19. The Labute approximate surface area is 229 Å². The number of allylic oxidation sites excluding steroid dienone is 2. The van der Waals surface area contributed by atoms with E-state index in [9.17, 15) is 0 Å². The van der Waals surface area contributed by atoms with Gasteiger partial charge in [0.1, 0.15) is 0 Å². The van der Waals surface area contributed by atoms with Crippen LogP contribution in [0.2, 0.25) is 20.1 Å². The molecule has 0 heterocycles. The first-order valence-electron chi connectivity index (χ1n) is 10.1. The summed E-state index contributed by atoms with van der Waals surface area (Å²) >= 11 is 34.9. The van der Waals surface area contributed by atoms with Crippen LogP contribution in [-0.2, 0) is 0 Å². The molecule has 2 aromatic rings. The van der Waals surface area contributed by atoms with Gasteiger partial charge in [0, 0.05) is 15.7 Å². The van der Waals surface area contributed by atoms with Crippen molar-refractivity contribution in [1.29, 1.82) is 0 Å². The van der Waals surface area contributed by atoms with Gasteiger partial charge in [-0.15, -0.1) is 0 Å². The van der Waals surface area contributed by atoms with Crippen LogP contribution >= 0.6 is 70.8 Å². The first-order valence-corrected chi connectivity index (χ1v) is 12.4. The van der Waals surface area contributed by atoms with Gasteiger partial charge in [-0.3, -0.25) is 10.9 Å². The summed E-state index contributed by atoms with van der Waals surface area (Å²) in [7, 11) is 0. The predicted molar refractivity (Wildman–Crippen MR) is 153 cm³/mol. The van der Waals surface area contributed by atoms with E-state index in [0.29, 0.717) is 41.7 Å². The van der Waals surface area contributed by atoms with Crippen LogP contribution in [0.5, 0.6) is 0 Å². The normalized spacial score (nSPS) is 15.8. The molecular weight excluding hydrogens is 554 g/mol. The second-order valence-corrected chi connectivity index (χ2v) is 10.8. The topological polar surface area (TPSA) is 72.5 Å². The van der Waals surface area contributed by atoms with E-state index in [1.807, 2.05) is 6.08 Å². The van der Waals surface area contributed by atoms with Gasteiger partial charge in [0.25, 0.3) is 0 Å². The molecule has 0 aromatic heterocycles. The molecule has 0 saturated carbocycles. The van der Waals surface area contributed by atoms with Crippen molar-refractivity contribution in [1.82, 2.24) is 16.3 Å². The number of nitrogens with zero attached hydrogens (tertiary/aromatic N) is 1. The summed E-state index contributed by atoms with van der Waals surface area (Å²) in [6, 6.07) is 10.2. The van der Waals surface area contributed by atoms with Crippen LogP contribution in [0.15, 0.2) is 53.3 Å². The molecule has 12 heteroatoms. The van der Waals surface area contributed by atoms with Gasteiger partial charge in [0.05, 0.1) is 27.1 Å². The number of benzene rings is 2. The number of hydrogen-bond acceptors (Lipinski definition) is 4. The van der Waals surface area contributed by atoms with Gasteiger partial charge < -0.3 is 16.1 Å². The SMILES string of the molecule is CC1(C)CC(NNC(=S)Nc2ccc(Cl)cc2Cl)=CC(=NNC(=S)Nc2ccc(Cl)cc2Cl)C1. The highest BCUT2D eigenvalue weighted by molar-refractivity contribution is 7.80. The number of nitrogens with one attached hydrogen (secondary N) is 5. The second-order valence-electron chi connectivity index (χ2n) is 8.31. The van der Waals surface area contributed by atoms with Crippen LogP contribution in [0.3, 0.4) is 0 Å². The first-order chi connectivity index (χ1) is 16.0. The van der Waals surface area contributed by atoms with Crippen molar-refractivity contribution in [2.24, 2.45) is 10.5 Å². The first kappa shape index (κ1) is 26.8. The minimum Gasteiger partial charge on any atom is -0.330 e. The fraction of sp³-hybridized carbons (Fsp3) is 0.227. The van der Waals surface area contributed by atoms with Crippen molar-refractivity contribution >= 4 is 98.2 Å². The Hall–Kier alpha value is -1.81. The molecule has 0 unspecified atom stereocenters. The number of hydrazone groups is 1. The molecule has 0 aliphatic heterocycles. The van der Waals surface area contributed by atoms with E-state index >= 15 is 0 Å². The van der Waals surface area contributed by atoms with E-state index in [1.54, 1.807) is 36.4 Å².